The van der Waals surface area contributed by atoms with Crippen LogP contribution < -0.4 is 4.74 Å². The van der Waals surface area contributed by atoms with Crippen molar-refractivity contribution in [3.8, 4) is 28.0 Å². The van der Waals surface area contributed by atoms with Gasteiger partial charge in [-0.1, -0.05) is 108 Å². The van der Waals surface area contributed by atoms with Gasteiger partial charge in [0.05, 0.1) is 19.2 Å². The molecule has 2 fully saturated rings. The number of likely N-dealkylation sites (tertiary alicyclic amines) is 2. The molecule has 6 aromatic carbocycles. The number of halogens is 4. The molecule has 2 heterocycles. The van der Waals surface area contributed by atoms with Gasteiger partial charge in [-0.05, 0) is 96.5 Å². The van der Waals surface area contributed by atoms with E-state index in [2.05, 4.69) is 0 Å². The largest absolute Gasteiger partial charge is 0.497 e. The first kappa shape index (κ1) is 43.5. The first-order chi connectivity index (χ1) is 29.9. The molecule has 2 N–H and O–H groups in total. The number of ether oxygens (including phenoxy) is 1. The number of hydrogen-bond donors (Lipinski definition) is 2. The second-order valence-corrected chi connectivity index (χ2v) is 15.7. The van der Waals surface area contributed by atoms with E-state index in [0.29, 0.717) is 74.9 Å². The summed E-state index contributed by atoms with van der Waals surface area (Å²) in [6, 6.07) is 35.7. The van der Waals surface area contributed by atoms with Crippen LogP contribution in [0.25, 0.3) is 22.3 Å². The molecule has 0 radical (unpaired) electrons. The van der Waals surface area contributed by atoms with Crippen LogP contribution >= 0.6 is 23.2 Å². The standard InChI is InChI=1S/C25H21ClFNO4.C24H19ClFNO3/c1-32-17-10-11-18(21(27)14-17)15-6-8-16(9-7-15)24(29)28-22(12-13-23(28)25(30)31)19-4-2-3-5-20(19)26;25-19-9-5-4-8-18(19)21-12-13-22(24(29)30)27(21)23(28)16-10-11-17(20(26)14-16)15-6-2-1-3-7-15/h2-11,14,22-23H,12-13H2,1H3,(H,30,31);1-11,14,21-22H,12-13H2,(H,29,30)/t22-,23+;21-,22+/m11/s1. The number of amides is 2. The summed E-state index contributed by atoms with van der Waals surface area (Å²) in [5, 5.41) is 20.3. The molecule has 9 nitrogen and oxygen atoms in total. The topological polar surface area (TPSA) is 124 Å². The highest BCUT2D eigenvalue weighted by Crippen LogP contribution is 2.42. The Labute approximate surface area is 366 Å². The molecule has 2 aliphatic rings. The van der Waals surface area contributed by atoms with Gasteiger partial charge in [-0.15, -0.1) is 0 Å². The maximum absolute atomic E-state index is 14.8. The van der Waals surface area contributed by atoms with Crippen LogP contribution in [0.1, 0.15) is 69.6 Å². The number of carboxylic acids is 2. The summed E-state index contributed by atoms with van der Waals surface area (Å²) in [5.74, 6) is -3.62. The second-order valence-electron chi connectivity index (χ2n) is 14.8. The number of carbonyl (C=O) groups excluding carboxylic acids is 2. The highest BCUT2D eigenvalue weighted by molar-refractivity contribution is 6.31. The van der Waals surface area contributed by atoms with E-state index in [1.54, 1.807) is 91.0 Å². The summed E-state index contributed by atoms with van der Waals surface area (Å²) >= 11 is 12.7. The van der Waals surface area contributed by atoms with Gasteiger partial charge < -0.3 is 24.7 Å². The summed E-state index contributed by atoms with van der Waals surface area (Å²) in [5.41, 5.74) is 3.91. The number of methoxy groups -OCH3 is 1. The fourth-order valence-electron chi connectivity index (χ4n) is 8.22. The number of benzene rings is 6. The van der Waals surface area contributed by atoms with Crippen molar-refractivity contribution in [1.82, 2.24) is 9.80 Å². The van der Waals surface area contributed by atoms with Gasteiger partial charge in [-0.25, -0.2) is 18.4 Å². The Morgan fingerprint density at radius 1 is 0.548 bits per heavy atom. The maximum atomic E-state index is 14.8. The lowest BCUT2D eigenvalue weighted by molar-refractivity contribution is -0.142. The molecular formula is C49H40Cl2F2N2O7. The number of nitrogens with zero attached hydrogens (tertiary/aromatic N) is 2. The molecule has 4 atom stereocenters. The van der Waals surface area contributed by atoms with Crippen molar-refractivity contribution in [3.63, 3.8) is 0 Å². The molecule has 0 unspecified atom stereocenters. The van der Waals surface area contributed by atoms with Crippen molar-refractivity contribution in [1.29, 1.82) is 0 Å². The fraction of sp³-hybridized carbons (Fsp3) is 0.184. The fourth-order valence-corrected chi connectivity index (χ4v) is 8.75. The van der Waals surface area contributed by atoms with Gasteiger partial charge in [0.15, 0.2) is 0 Å². The zero-order valence-corrected chi connectivity index (χ0v) is 34.8. The SMILES string of the molecule is COc1ccc(-c2ccc(C(=O)N3[C@@H](c4ccccc4Cl)CC[C@H]3C(=O)O)cc2)c(F)c1.O=C(O)[C@@H]1CC[C@H](c2ccccc2Cl)N1C(=O)c1ccc(-c2ccccc2)c(F)c1. The molecule has 0 spiro atoms. The average molecular weight is 878 g/mol. The van der Waals surface area contributed by atoms with E-state index in [4.69, 9.17) is 27.9 Å². The molecule has 0 aromatic heterocycles. The van der Waals surface area contributed by atoms with Crippen LogP contribution in [0, 0.1) is 11.6 Å². The molecule has 316 valence electrons. The minimum atomic E-state index is -1.08. The van der Waals surface area contributed by atoms with Crippen molar-refractivity contribution < 1.29 is 42.9 Å². The Morgan fingerprint density at radius 2 is 0.984 bits per heavy atom. The van der Waals surface area contributed by atoms with Crippen LogP contribution in [-0.4, -0.2) is 63.0 Å². The molecular weight excluding hydrogens is 837 g/mol. The van der Waals surface area contributed by atoms with Crippen LogP contribution in [0.4, 0.5) is 8.78 Å². The zero-order valence-electron chi connectivity index (χ0n) is 33.3. The van der Waals surface area contributed by atoms with E-state index in [0.717, 1.165) is 5.56 Å². The lowest BCUT2D eigenvalue weighted by atomic mass is 10.0. The van der Waals surface area contributed by atoms with E-state index in [9.17, 15) is 38.2 Å². The van der Waals surface area contributed by atoms with Gasteiger partial charge in [-0.2, -0.15) is 0 Å². The summed E-state index contributed by atoms with van der Waals surface area (Å²) in [6.45, 7) is 0. The molecule has 13 heteroatoms. The summed E-state index contributed by atoms with van der Waals surface area (Å²) in [7, 11) is 1.47. The molecule has 0 saturated carbocycles. The highest BCUT2D eigenvalue weighted by Gasteiger charge is 2.44. The molecule has 6 aromatic rings. The molecule has 8 rings (SSSR count). The number of carboxylic acid groups (broad SMARTS) is 2. The predicted octanol–water partition coefficient (Wildman–Crippen LogP) is 11.2. The molecule has 0 aliphatic carbocycles. The zero-order chi connectivity index (χ0) is 44.1. The van der Waals surface area contributed by atoms with E-state index in [1.165, 1.54) is 35.1 Å². The first-order valence-corrected chi connectivity index (χ1v) is 20.5. The van der Waals surface area contributed by atoms with Gasteiger partial charge >= 0.3 is 11.9 Å². The Hall–Kier alpha value is -6.56. The summed E-state index contributed by atoms with van der Waals surface area (Å²) < 4.78 is 34.3. The normalized spacial score (nSPS) is 18.1. The van der Waals surface area contributed by atoms with Crippen LogP contribution in [0.5, 0.6) is 5.75 Å². The molecule has 62 heavy (non-hydrogen) atoms. The minimum absolute atomic E-state index is 0.109. The van der Waals surface area contributed by atoms with Gasteiger partial charge in [0.25, 0.3) is 11.8 Å². The third kappa shape index (κ3) is 9.05. The Balaban J connectivity index is 0.000000187. The molecule has 0 bridgehead atoms. The second kappa shape index (κ2) is 19.0. The van der Waals surface area contributed by atoms with Crippen LogP contribution in [-0.2, 0) is 9.59 Å². The Bertz CT molecular complexity index is 2630. The van der Waals surface area contributed by atoms with Crippen molar-refractivity contribution in [3.05, 3.63) is 183 Å². The van der Waals surface area contributed by atoms with E-state index in [1.807, 2.05) is 30.3 Å². The van der Waals surface area contributed by atoms with Gasteiger partial charge in [0.2, 0.25) is 0 Å². The Morgan fingerprint density at radius 3 is 1.45 bits per heavy atom. The minimum Gasteiger partial charge on any atom is -0.497 e. The monoisotopic (exact) mass is 876 g/mol. The maximum Gasteiger partial charge on any atom is 0.326 e. The van der Waals surface area contributed by atoms with Crippen molar-refractivity contribution in [2.75, 3.05) is 7.11 Å². The summed E-state index contributed by atoms with van der Waals surface area (Å²) in [6.07, 6.45) is 1.62. The molecule has 2 aliphatic heterocycles. The first-order valence-electron chi connectivity index (χ1n) is 19.8. The van der Waals surface area contributed by atoms with Crippen LogP contribution in [0.2, 0.25) is 10.0 Å². The average Bonchev–Trinajstić information content (AvgIpc) is 3.93. The predicted molar refractivity (Wildman–Crippen MR) is 232 cm³/mol. The molecule has 2 amide bonds. The lowest BCUT2D eigenvalue weighted by Crippen LogP contribution is -2.42. The number of carbonyl (C=O) groups is 4. The molecule has 2 saturated heterocycles. The number of rotatable bonds is 9. The lowest BCUT2D eigenvalue weighted by Gasteiger charge is -2.29. The quantitative estimate of drug-likeness (QED) is 0.148. The third-order valence-electron chi connectivity index (χ3n) is 11.3. The number of hydrogen-bond acceptors (Lipinski definition) is 5. The third-order valence-corrected chi connectivity index (χ3v) is 11.9. The van der Waals surface area contributed by atoms with Crippen molar-refractivity contribution in [2.45, 2.75) is 49.9 Å². The smallest absolute Gasteiger partial charge is 0.326 e. The van der Waals surface area contributed by atoms with E-state index in [-0.39, 0.29) is 5.56 Å². The van der Waals surface area contributed by atoms with E-state index < -0.39 is 59.6 Å². The highest BCUT2D eigenvalue weighted by atomic mass is 35.5. The van der Waals surface area contributed by atoms with Crippen LogP contribution in [0.3, 0.4) is 0 Å². The van der Waals surface area contributed by atoms with Crippen molar-refractivity contribution >= 4 is 47.0 Å². The summed E-state index contributed by atoms with van der Waals surface area (Å²) in [4.78, 5) is 53.1. The van der Waals surface area contributed by atoms with Gasteiger partial charge in [0, 0.05) is 38.4 Å². The van der Waals surface area contributed by atoms with E-state index >= 15 is 0 Å². The Kier molecular flexibility index (Phi) is 13.3. The van der Waals surface area contributed by atoms with Crippen LogP contribution in [0.15, 0.2) is 140 Å². The van der Waals surface area contributed by atoms with Crippen molar-refractivity contribution in [2.24, 2.45) is 0 Å². The van der Waals surface area contributed by atoms with Gasteiger partial charge in [0.1, 0.15) is 29.5 Å². The number of aliphatic carboxylic acids is 2. The van der Waals surface area contributed by atoms with Gasteiger partial charge in [-0.3, -0.25) is 9.59 Å².